The Morgan fingerprint density at radius 2 is 1.15 bits per heavy atom. The molecule has 0 saturated carbocycles. The number of carbonyl (C=O) groups excluding carboxylic acids is 13. The van der Waals surface area contributed by atoms with Crippen molar-refractivity contribution < 1.29 is 82.0 Å². The van der Waals surface area contributed by atoms with Gasteiger partial charge in [0.05, 0.1) is 25.3 Å². The number of carbonyl (C=O) groups is 13. The maximum absolute atomic E-state index is 15.0. The minimum atomic E-state index is -1.88. The number of hydrogen-bond acceptors (Lipinski definition) is 23. The molecule has 3 aromatic rings. The minimum Gasteiger partial charge on any atom is -0.459 e. The van der Waals surface area contributed by atoms with E-state index in [9.17, 15) is 77.3 Å². The summed E-state index contributed by atoms with van der Waals surface area (Å²) in [6.07, 6.45) is -4.12. The van der Waals surface area contributed by atoms with Crippen LogP contribution in [0, 0.1) is 6.92 Å². The fourth-order valence-electron chi connectivity index (χ4n) is 8.45. The van der Waals surface area contributed by atoms with E-state index in [1.54, 1.807) is 60.7 Å². The van der Waals surface area contributed by atoms with Gasteiger partial charge in [0, 0.05) is 36.4 Å². The number of aromatic amines is 1. The van der Waals surface area contributed by atoms with Crippen LogP contribution in [-0.2, 0) is 86.8 Å². The number of primary amides is 1. The predicted octanol–water partition coefficient (Wildman–Crippen LogP) is -7.07. The number of thiol groups is 2. The van der Waals surface area contributed by atoms with E-state index in [0.717, 1.165) is 15.7 Å². The maximum atomic E-state index is 15.0. The number of guanidine groups is 1. The number of nitrogens with two attached hydrogens (primary N) is 3. The van der Waals surface area contributed by atoms with E-state index in [0.29, 0.717) is 11.1 Å². The van der Waals surface area contributed by atoms with E-state index in [-0.39, 0.29) is 24.5 Å². The predicted molar refractivity (Wildman–Crippen MR) is 348 cm³/mol. The van der Waals surface area contributed by atoms with Gasteiger partial charge in [-0.3, -0.25) is 72.4 Å². The molecule has 3 rings (SSSR count). The smallest absolute Gasteiger partial charge is 0.414 e. The number of aliphatic hydroxyl groups is 2. The van der Waals surface area contributed by atoms with E-state index in [4.69, 9.17) is 26.7 Å². The molecule has 12 amide bonds. The Hall–Kier alpha value is -9.92. The molecule has 0 aliphatic heterocycles. The van der Waals surface area contributed by atoms with E-state index in [1.807, 2.05) is 0 Å². The van der Waals surface area contributed by atoms with E-state index in [1.165, 1.54) is 41.5 Å². The van der Waals surface area contributed by atoms with Crippen molar-refractivity contribution in [2.45, 2.75) is 141 Å². The summed E-state index contributed by atoms with van der Waals surface area (Å²) in [6.45, 7) is 3.45. The number of alkyl carbamates (subject to hydrolysis) is 1. The van der Waals surface area contributed by atoms with Crippen molar-refractivity contribution in [1.29, 1.82) is 0 Å². The molecule has 1 unspecified atom stereocenters. The van der Waals surface area contributed by atoms with Crippen LogP contribution in [0.25, 0.3) is 0 Å². The summed E-state index contributed by atoms with van der Waals surface area (Å²) in [6, 6.07) is 2.81. The summed E-state index contributed by atoms with van der Waals surface area (Å²) in [5, 5.41) is 43.2. The van der Waals surface area contributed by atoms with Crippen molar-refractivity contribution in [3.63, 3.8) is 0 Å². The van der Waals surface area contributed by atoms with Gasteiger partial charge in [-0.25, -0.2) is 19.4 Å². The summed E-state index contributed by atoms with van der Waals surface area (Å²) in [7, 11) is 0. The second-order valence-corrected chi connectivity index (χ2v) is 22.3. The Morgan fingerprint density at radius 3 is 1.70 bits per heavy atom. The lowest BCUT2D eigenvalue weighted by atomic mass is 10.0. The molecule has 96 heavy (non-hydrogen) atoms. The molecule has 526 valence electrons. The number of aliphatic hydroxyl groups excluding tert-OH is 2. The molecule has 2 aromatic carbocycles. The molecule has 0 radical (unpaired) electrons. The number of aliphatic imine (C=N–C) groups is 1. The highest BCUT2D eigenvalue weighted by Gasteiger charge is 2.37. The summed E-state index contributed by atoms with van der Waals surface area (Å²) in [4.78, 5) is 206. The molecule has 0 saturated heterocycles. The average Bonchev–Trinajstić information content (AvgIpc) is 0.863. The summed E-state index contributed by atoms with van der Waals surface area (Å²) < 4.78 is 11.6. The molecule has 0 spiro atoms. The van der Waals surface area contributed by atoms with Crippen LogP contribution < -0.4 is 81.6 Å². The fourth-order valence-corrected chi connectivity index (χ4v) is 8.96. The zero-order valence-corrected chi connectivity index (χ0v) is 55.1. The van der Waals surface area contributed by atoms with Crippen molar-refractivity contribution in [2.75, 3.05) is 37.7 Å². The highest BCUT2D eigenvalue weighted by Crippen LogP contribution is 2.17. The van der Waals surface area contributed by atoms with Crippen molar-refractivity contribution in [3.8, 4) is 0 Å². The Labute approximate surface area is 560 Å². The molecule has 1 aromatic heterocycles. The third-order valence-electron chi connectivity index (χ3n) is 13.8. The van der Waals surface area contributed by atoms with Gasteiger partial charge in [0.15, 0.2) is 12.0 Å². The van der Waals surface area contributed by atoms with Crippen molar-refractivity contribution in [3.05, 3.63) is 104 Å². The third kappa shape index (κ3) is 27.2. The topological polar surface area (TPSA) is 550 Å². The first-order valence-corrected chi connectivity index (χ1v) is 30.9. The molecule has 36 nitrogen and oxygen atoms in total. The van der Waals surface area contributed by atoms with Crippen LogP contribution in [0.1, 0.15) is 64.2 Å². The first-order valence-electron chi connectivity index (χ1n) is 29.6. The quantitative estimate of drug-likeness (QED) is 0.0110. The van der Waals surface area contributed by atoms with Crippen LogP contribution >= 0.6 is 25.3 Å². The monoisotopic (exact) mass is 1390 g/mol. The van der Waals surface area contributed by atoms with Crippen LogP contribution in [0.3, 0.4) is 0 Å². The maximum Gasteiger partial charge on any atom is 0.414 e. The second kappa shape index (κ2) is 40.4. The lowest BCUT2D eigenvalue weighted by molar-refractivity contribution is -0.147. The number of H-pyrrole nitrogens is 1. The molecule has 0 aliphatic rings. The van der Waals surface area contributed by atoms with E-state index < -0.39 is 212 Å². The molecule has 19 N–H and O–H groups in total. The summed E-state index contributed by atoms with van der Waals surface area (Å²) in [5.41, 5.74) is 16.0. The van der Waals surface area contributed by atoms with Gasteiger partial charge in [0.2, 0.25) is 65.0 Å². The van der Waals surface area contributed by atoms with Gasteiger partial charge in [0.1, 0.15) is 68.1 Å². The Bertz CT molecular complexity index is 3380. The van der Waals surface area contributed by atoms with Crippen LogP contribution in [0.4, 0.5) is 4.79 Å². The number of amides is 12. The number of esters is 1. The van der Waals surface area contributed by atoms with E-state index >= 15 is 4.79 Å². The Morgan fingerprint density at radius 1 is 0.625 bits per heavy atom. The van der Waals surface area contributed by atoms with Crippen LogP contribution in [-0.4, -0.2) is 212 Å². The van der Waals surface area contributed by atoms with Crippen molar-refractivity contribution in [2.24, 2.45) is 22.2 Å². The summed E-state index contributed by atoms with van der Waals surface area (Å²) in [5.74, 6) is -13.5. The van der Waals surface area contributed by atoms with Crippen LogP contribution in [0.2, 0.25) is 0 Å². The zero-order valence-electron chi connectivity index (χ0n) is 53.3. The average molecular weight is 1390 g/mol. The number of benzene rings is 2. The highest BCUT2D eigenvalue weighted by molar-refractivity contribution is 7.80. The van der Waals surface area contributed by atoms with Gasteiger partial charge >= 0.3 is 17.8 Å². The molecular weight excluding hydrogens is 1300 g/mol. The van der Waals surface area contributed by atoms with Crippen molar-refractivity contribution in [1.82, 2.24) is 67.6 Å². The molecule has 0 aliphatic carbocycles. The molecule has 11 atom stereocenters. The fraction of sp³-hybridized carbons (Fsp3) is 0.483. The SMILES string of the molecule is Cc1cn(CC(=O)N(CCNC(=O)[C@H](C)NC(=O)CNC(=O)[C@H](C)NC(=O)[C@@H](NC(=O)CN)[C@@H](C)O)[C@@H](CCC(N=C(N)NC(=O)OCc2ccccc2)C(=O)OCc2ccccc2)C(=O)N[C@@H](CS)C(=O)N[C@@H](C)C(=O)N[C@@H](CS)C(=O)N[C@H](C(N)=O)[C@@H](C)O)c(=O)[nH]c1=O. The Kier molecular flexibility index (Phi) is 33.8. The lowest BCUT2D eigenvalue weighted by Crippen LogP contribution is -2.60. The van der Waals surface area contributed by atoms with Gasteiger partial charge < -0.3 is 89.6 Å². The summed E-state index contributed by atoms with van der Waals surface area (Å²) >= 11 is 8.35. The van der Waals surface area contributed by atoms with E-state index in [2.05, 4.69) is 88.4 Å². The van der Waals surface area contributed by atoms with Gasteiger partial charge in [-0.15, -0.1) is 0 Å². The second-order valence-electron chi connectivity index (χ2n) is 21.6. The largest absolute Gasteiger partial charge is 0.459 e. The number of nitrogens with zero attached hydrogens (tertiary/aromatic N) is 3. The number of ether oxygens (including phenoxy) is 2. The molecule has 38 heteroatoms. The normalized spacial score (nSPS) is 14.6. The van der Waals surface area contributed by atoms with Crippen LogP contribution in [0.5, 0.6) is 0 Å². The molecule has 0 bridgehead atoms. The highest BCUT2D eigenvalue weighted by atomic mass is 32.1. The lowest BCUT2D eigenvalue weighted by Gasteiger charge is -2.33. The van der Waals surface area contributed by atoms with Gasteiger partial charge in [0.25, 0.3) is 5.56 Å². The Balaban J connectivity index is 2.05. The number of aryl methyl sites for hydroxylation is 1. The van der Waals surface area contributed by atoms with Gasteiger partial charge in [-0.2, -0.15) is 25.3 Å². The number of aromatic nitrogens is 2. The number of hydrogen-bond donors (Lipinski definition) is 18. The minimum absolute atomic E-state index is 0.0311. The number of nitrogens with one attached hydrogen (secondary N) is 11. The molecular formula is C58H83N17O19S2. The van der Waals surface area contributed by atoms with Crippen molar-refractivity contribution >= 4 is 108 Å². The van der Waals surface area contributed by atoms with Crippen LogP contribution in [0.15, 0.2) is 81.4 Å². The molecule has 0 fully saturated rings. The third-order valence-corrected chi connectivity index (χ3v) is 14.5. The standard InChI is InChI=1S/C58H83N17O19S2/c1-29-23-74(57(91)72-47(29)82)24-43(80)75(20-19-62-48(83)30(2)64-42(79)22-63-49(84)31(3)66-54(89)45(34(6)77)70-41(78)21-59)40(53(88)68-38(27-95)51(86)65-32(4)50(85)67-39(28-96)52(87)71-44(33(5)76)46(60)81)18-17-37(55(90)93-25-35-13-9-7-10-14-35)69-56(61)73-58(92)94-26-36-15-11-8-12-16-36/h7-16,23,30-34,37-40,44-45,76-77,95-96H,17-22,24-28,59H2,1-6H3,(H2,60,81)(H,62,83)(H,63,84)(H,64,79)(H,65,86)(H,66,89)(H,67,85)(H,68,88)(H,70,78)(H,71,87)(H,72,82,91)(H3,61,69,73,92)/t30-,31-,32-,33+,34+,37?,38-,39-,40-,44-,45-/m0/s1. The first kappa shape index (κ1) is 80.3. The molecule has 1 heterocycles. The zero-order chi connectivity index (χ0) is 71.9. The van der Waals surface area contributed by atoms with Gasteiger partial charge in [-0.1, -0.05) is 60.7 Å². The number of rotatable bonds is 37. The first-order chi connectivity index (χ1) is 45.3. The van der Waals surface area contributed by atoms with Gasteiger partial charge in [-0.05, 0) is 65.5 Å².